The van der Waals surface area contributed by atoms with Gasteiger partial charge in [0.15, 0.2) is 12.1 Å². The van der Waals surface area contributed by atoms with Crippen LogP contribution in [0.2, 0.25) is 0 Å². The predicted octanol–water partition coefficient (Wildman–Crippen LogP) is -0.214. The van der Waals surface area contributed by atoms with E-state index < -0.39 is 61.0 Å². The summed E-state index contributed by atoms with van der Waals surface area (Å²) in [5, 5.41) is 41.5. The second kappa shape index (κ2) is 13.8. The van der Waals surface area contributed by atoms with Crippen LogP contribution in [-0.4, -0.2) is 75.5 Å². The van der Waals surface area contributed by atoms with E-state index in [1.807, 2.05) is 12.1 Å². The number of carbonyl (C=O) groups excluding carboxylic acids is 3. The first-order valence-corrected chi connectivity index (χ1v) is 11.8. The van der Waals surface area contributed by atoms with Gasteiger partial charge in [-0.05, 0) is 17.5 Å². The molecule has 5 unspecified atom stereocenters. The Morgan fingerprint density at radius 2 is 1.32 bits per heavy atom. The van der Waals surface area contributed by atoms with Crippen LogP contribution >= 0.6 is 0 Å². The second-order valence-corrected chi connectivity index (χ2v) is 8.59. The molecule has 11 nitrogen and oxygen atoms in total. The number of esters is 2. The van der Waals surface area contributed by atoms with Crippen LogP contribution in [0.1, 0.15) is 24.0 Å². The van der Waals surface area contributed by atoms with E-state index in [-0.39, 0.29) is 26.1 Å². The average molecular weight is 518 g/mol. The summed E-state index contributed by atoms with van der Waals surface area (Å²) in [6.45, 7) is -0.793. The maximum absolute atomic E-state index is 12.8. The lowest BCUT2D eigenvalue weighted by atomic mass is 9.98. The normalized spacial score (nSPS) is 23.3. The molecule has 1 amide bonds. The topological polar surface area (TPSA) is 172 Å². The van der Waals surface area contributed by atoms with Gasteiger partial charge in [0.05, 0.1) is 6.61 Å². The summed E-state index contributed by atoms with van der Waals surface area (Å²) in [7, 11) is 0. The SMILES string of the molecule is O=C(CCC(C(=O)OCc1ccccc1)C(=O)OCc1ccccc1)NC1OC(CO)C(O)C(O)C1O. The standard InChI is InChI=1S/C26H31NO10/c28-13-19-21(30)22(31)23(32)24(37-19)27-20(29)12-11-18(25(33)35-14-16-7-3-1-4-8-16)26(34)36-15-17-9-5-2-6-10-17/h1-10,18-19,21-24,28,30-32H,11-15H2,(H,27,29). The first-order valence-electron chi connectivity index (χ1n) is 11.8. The highest BCUT2D eigenvalue weighted by molar-refractivity contribution is 5.95. The van der Waals surface area contributed by atoms with Crippen molar-refractivity contribution < 1.29 is 49.0 Å². The number of benzene rings is 2. The van der Waals surface area contributed by atoms with Gasteiger partial charge in [0.25, 0.3) is 0 Å². The lowest BCUT2D eigenvalue weighted by Crippen LogP contribution is -2.63. The second-order valence-electron chi connectivity index (χ2n) is 8.59. The fraction of sp³-hybridized carbons (Fsp3) is 0.423. The van der Waals surface area contributed by atoms with Gasteiger partial charge in [-0.15, -0.1) is 0 Å². The highest BCUT2D eigenvalue weighted by Crippen LogP contribution is 2.20. The first-order chi connectivity index (χ1) is 17.8. The summed E-state index contributed by atoms with van der Waals surface area (Å²) in [4.78, 5) is 38.1. The van der Waals surface area contributed by atoms with Crippen LogP contribution in [0.3, 0.4) is 0 Å². The van der Waals surface area contributed by atoms with Crippen molar-refractivity contribution in [1.29, 1.82) is 0 Å². The summed E-state index contributed by atoms with van der Waals surface area (Å²) < 4.78 is 15.8. The monoisotopic (exact) mass is 517 g/mol. The fourth-order valence-corrected chi connectivity index (χ4v) is 3.72. The third-order valence-electron chi connectivity index (χ3n) is 5.87. The number of carbonyl (C=O) groups is 3. The zero-order valence-electron chi connectivity index (χ0n) is 20.0. The first kappa shape index (κ1) is 28.2. The highest BCUT2D eigenvalue weighted by Gasteiger charge is 2.44. The van der Waals surface area contributed by atoms with Gasteiger partial charge in [0.2, 0.25) is 5.91 Å². The molecule has 0 aliphatic carbocycles. The molecule has 1 aliphatic heterocycles. The number of aliphatic hydroxyl groups is 4. The molecule has 0 spiro atoms. The summed E-state index contributed by atoms with van der Waals surface area (Å²) in [5.74, 6) is -3.82. The molecular weight excluding hydrogens is 486 g/mol. The maximum Gasteiger partial charge on any atom is 0.320 e. The third-order valence-corrected chi connectivity index (χ3v) is 5.87. The van der Waals surface area contributed by atoms with Crippen LogP contribution in [0.5, 0.6) is 0 Å². The number of hydrogen-bond donors (Lipinski definition) is 5. The van der Waals surface area contributed by atoms with E-state index in [9.17, 15) is 34.8 Å². The maximum atomic E-state index is 12.8. The van der Waals surface area contributed by atoms with Gasteiger partial charge < -0.3 is 40.0 Å². The number of hydrogen-bond acceptors (Lipinski definition) is 10. The summed E-state index contributed by atoms with van der Waals surface area (Å²) in [6, 6.07) is 17.7. The molecule has 5 atom stereocenters. The summed E-state index contributed by atoms with van der Waals surface area (Å²) in [6.07, 6.45) is -8.12. The molecule has 3 rings (SSSR count). The number of nitrogens with one attached hydrogen (secondary N) is 1. The van der Waals surface area contributed by atoms with E-state index in [2.05, 4.69) is 5.32 Å². The van der Waals surface area contributed by atoms with Gasteiger partial charge in [-0.1, -0.05) is 60.7 Å². The Morgan fingerprint density at radius 3 is 1.81 bits per heavy atom. The van der Waals surface area contributed by atoms with Crippen molar-refractivity contribution in [3.8, 4) is 0 Å². The molecule has 0 aromatic heterocycles. The number of ether oxygens (including phenoxy) is 3. The predicted molar refractivity (Wildman–Crippen MR) is 127 cm³/mol. The van der Waals surface area contributed by atoms with Gasteiger partial charge in [-0.2, -0.15) is 0 Å². The van der Waals surface area contributed by atoms with Crippen LogP contribution in [0, 0.1) is 5.92 Å². The van der Waals surface area contributed by atoms with E-state index in [1.54, 1.807) is 48.5 Å². The van der Waals surface area contributed by atoms with Crippen LogP contribution in [0.4, 0.5) is 0 Å². The molecule has 0 saturated carbocycles. The van der Waals surface area contributed by atoms with E-state index in [1.165, 1.54) is 0 Å². The molecule has 200 valence electrons. The molecule has 37 heavy (non-hydrogen) atoms. The quantitative estimate of drug-likeness (QED) is 0.198. The lowest BCUT2D eigenvalue weighted by molar-refractivity contribution is -0.236. The van der Waals surface area contributed by atoms with Crippen LogP contribution in [0.25, 0.3) is 0 Å². The van der Waals surface area contributed by atoms with Crippen molar-refractivity contribution in [1.82, 2.24) is 5.32 Å². The number of amides is 1. The van der Waals surface area contributed by atoms with Crippen molar-refractivity contribution >= 4 is 17.8 Å². The largest absolute Gasteiger partial charge is 0.460 e. The van der Waals surface area contributed by atoms with Crippen molar-refractivity contribution in [3.05, 3.63) is 71.8 Å². The van der Waals surface area contributed by atoms with Gasteiger partial charge in [-0.3, -0.25) is 14.4 Å². The van der Waals surface area contributed by atoms with Crippen LogP contribution in [-0.2, 0) is 41.8 Å². The Labute approximate surface area is 213 Å². The highest BCUT2D eigenvalue weighted by atomic mass is 16.6. The van der Waals surface area contributed by atoms with Crippen molar-refractivity contribution in [2.75, 3.05) is 6.61 Å². The van der Waals surface area contributed by atoms with Crippen molar-refractivity contribution in [3.63, 3.8) is 0 Å². The number of rotatable bonds is 11. The zero-order chi connectivity index (χ0) is 26.8. The molecule has 1 fully saturated rings. The molecule has 1 aliphatic rings. The van der Waals surface area contributed by atoms with Crippen molar-refractivity contribution in [2.24, 2.45) is 5.92 Å². The summed E-state index contributed by atoms with van der Waals surface area (Å²) in [5.41, 5.74) is 1.43. The molecule has 2 aromatic rings. The minimum Gasteiger partial charge on any atom is -0.460 e. The van der Waals surface area contributed by atoms with Crippen LogP contribution in [0.15, 0.2) is 60.7 Å². The van der Waals surface area contributed by atoms with E-state index in [0.717, 1.165) is 0 Å². The van der Waals surface area contributed by atoms with Gasteiger partial charge in [0, 0.05) is 6.42 Å². The molecule has 1 saturated heterocycles. The van der Waals surface area contributed by atoms with Crippen molar-refractivity contribution in [2.45, 2.75) is 56.7 Å². The van der Waals surface area contributed by atoms with E-state index in [0.29, 0.717) is 11.1 Å². The minimum atomic E-state index is -1.66. The average Bonchev–Trinajstić information content (AvgIpc) is 2.92. The Kier molecular flexibility index (Phi) is 10.5. The van der Waals surface area contributed by atoms with E-state index >= 15 is 0 Å². The third kappa shape index (κ3) is 8.07. The Balaban J connectivity index is 1.60. The smallest absolute Gasteiger partial charge is 0.320 e. The number of aliphatic hydroxyl groups excluding tert-OH is 4. The van der Waals surface area contributed by atoms with Gasteiger partial charge in [0.1, 0.15) is 37.6 Å². The van der Waals surface area contributed by atoms with Crippen LogP contribution < -0.4 is 5.32 Å². The van der Waals surface area contributed by atoms with Gasteiger partial charge >= 0.3 is 11.9 Å². The molecule has 0 bridgehead atoms. The summed E-state index contributed by atoms with van der Waals surface area (Å²) >= 11 is 0. The lowest BCUT2D eigenvalue weighted by Gasteiger charge is -2.40. The Bertz CT molecular complexity index is 961. The molecule has 1 heterocycles. The van der Waals surface area contributed by atoms with E-state index in [4.69, 9.17) is 14.2 Å². The Morgan fingerprint density at radius 1 is 0.811 bits per heavy atom. The zero-order valence-corrected chi connectivity index (χ0v) is 20.0. The van der Waals surface area contributed by atoms with Gasteiger partial charge in [-0.25, -0.2) is 0 Å². The molecule has 11 heteroatoms. The minimum absolute atomic E-state index is 0.0702. The molecule has 0 radical (unpaired) electrons. The fourth-order valence-electron chi connectivity index (χ4n) is 3.72. The molecule has 5 N–H and O–H groups in total. The Hall–Kier alpha value is -3.35. The molecule has 2 aromatic carbocycles. The molecular formula is C26H31NO10.